The average molecular weight is 239 g/mol. The van der Waals surface area contributed by atoms with E-state index in [1.807, 2.05) is 54.5 Å². The van der Waals surface area contributed by atoms with E-state index in [1.165, 1.54) is 11.1 Å². The maximum absolute atomic E-state index is 4.19. The minimum atomic E-state index is 0.760. The third kappa shape index (κ3) is 3.70. The van der Waals surface area contributed by atoms with Crippen molar-refractivity contribution < 1.29 is 0 Å². The van der Waals surface area contributed by atoms with Gasteiger partial charge in [0.1, 0.15) is 0 Å². The fraction of sp³-hybridized carbons (Fsp3) is 0.200. The van der Waals surface area contributed by atoms with Crippen LogP contribution in [-0.2, 0) is 6.54 Å². The van der Waals surface area contributed by atoms with Gasteiger partial charge in [-0.1, -0.05) is 53.3 Å². The van der Waals surface area contributed by atoms with Crippen LogP contribution in [0.25, 0.3) is 0 Å². The number of aryl methyl sites for hydroxylation is 1. The van der Waals surface area contributed by atoms with Gasteiger partial charge in [-0.05, 0) is 24.6 Å². The summed E-state index contributed by atoms with van der Waals surface area (Å²) in [6, 6.07) is 18.2. The molecule has 0 aliphatic heterocycles. The zero-order chi connectivity index (χ0) is 12.8. The summed E-state index contributed by atoms with van der Waals surface area (Å²) < 4.78 is 0. The van der Waals surface area contributed by atoms with Crippen LogP contribution >= 0.6 is 0 Å². The first kappa shape index (κ1) is 12.3. The molecule has 3 heteroatoms. The number of hydrogen-bond acceptors (Lipinski definition) is 2. The largest absolute Gasteiger partial charge is 0.277 e. The summed E-state index contributed by atoms with van der Waals surface area (Å²) in [5, 5.41) is 10.2. The van der Waals surface area contributed by atoms with Crippen LogP contribution in [0.2, 0.25) is 0 Å². The summed E-state index contributed by atoms with van der Waals surface area (Å²) in [4.78, 5) is 0. The first-order valence-electron chi connectivity index (χ1n) is 5.97. The first-order chi connectivity index (χ1) is 8.74. The molecular weight excluding hydrogens is 222 g/mol. The Kier molecular flexibility index (Phi) is 4.07. The molecule has 0 bridgehead atoms. The first-order valence-corrected chi connectivity index (χ1v) is 5.97. The highest BCUT2D eigenvalue weighted by molar-refractivity contribution is 5.37. The molecule has 0 aromatic heterocycles. The van der Waals surface area contributed by atoms with Crippen LogP contribution < -0.4 is 0 Å². The lowest BCUT2D eigenvalue weighted by molar-refractivity contribution is 0.324. The number of rotatable bonds is 4. The molecule has 0 unspecified atom stereocenters. The summed E-state index contributed by atoms with van der Waals surface area (Å²) in [6.45, 7) is 2.82. The van der Waals surface area contributed by atoms with Gasteiger partial charge in [0, 0.05) is 7.05 Å². The minimum Gasteiger partial charge on any atom is -0.277 e. The van der Waals surface area contributed by atoms with Crippen LogP contribution in [0.4, 0.5) is 5.69 Å². The number of hydrogen-bond donors (Lipinski definition) is 0. The molecule has 0 amide bonds. The molecule has 0 saturated carbocycles. The van der Waals surface area contributed by atoms with Gasteiger partial charge in [0.2, 0.25) is 0 Å². The van der Waals surface area contributed by atoms with Crippen molar-refractivity contribution in [3.8, 4) is 0 Å². The molecule has 0 aliphatic carbocycles. The van der Waals surface area contributed by atoms with E-state index < -0.39 is 0 Å². The van der Waals surface area contributed by atoms with Gasteiger partial charge >= 0.3 is 0 Å². The van der Waals surface area contributed by atoms with E-state index in [2.05, 4.69) is 29.4 Å². The highest BCUT2D eigenvalue weighted by Gasteiger charge is 1.96. The summed E-state index contributed by atoms with van der Waals surface area (Å²) in [7, 11) is 1.92. The Bertz CT molecular complexity index is 503. The maximum atomic E-state index is 4.19. The molecule has 0 spiro atoms. The van der Waals surface area contributed by atoms with Gasteiger partial charge in [0.05, 0.1) is 12.2 Å². The quantitative estimate of drug-likeness (QED) is 0.582. The minimum absolute atomic E-state index is 0.760. The van der Waals surface area contributed by atoms with Gasteiger partial charge in [-0.2, -0.15) is 0 Å². The summed E-state index contributed by atoms with van der Waals surface area (Å²) >= 11 is 0. The molecule has 0 atom stereocenters. The summed E-state index contributed by atoms with van der Waals surface area (Å²) in [5.41, 5.74) is 3.33. The maximum Gasteiger partial charge on any atom is 0.0874 e. The predicted molar refractivity (Wildman–Crippen MR) is 73.6 cm³/mol. The molecule has 0 aliphatic rings. The SMILES string of the molecule is Cc1ccc(N=NN(C)Cc2ccccc2)cc1. The Morgan fingerprint density at radius 3 is 2.28 bits per heavy atom. The fourth-order valence-electron chi connectivity index (χ4n) is 1.62. The molecule has 0 radical (unpaired) electrons. The van der Waals surface area contributed by atoms with E-state index in [0.717, 1.165) is 12.2 Å². The Morgan fingerprint density at radius 2 is 1.61 bits per heavy atom. The molecule has 0 fully saturated rings. The molecular formula is C15H17N3. The van der Waals surface area contributed by atoms with Crippen LogP contribution in [0.1, 0.15) is 11.1 Å². The predicted octanol–water partition coefficient (Wildman–Crippen LogP) is 4.13. The van der Waals surface area contributed by atoms with Crippen LogP contribution in [0.3, 0.4) is 0 Å². The normalized spacial score (nSPS) is 10.8. The lowest BCUT2D eigenvalue weighted by Gasteiger charge is -2.10. The van der Waals surface area contributed by atoms with Crippen molar-refractivity contribution in [2.24, 2.45) is 10.3 Å². The van der Waals surface area contributed by atoms with Crippen LogP contribution in [0, 0.1) is 6.92 Å². The Morgan fingerprint density at radius 1 is 0.944 bits per heavy atom. The molecule has 18 heavy (non-hydrogen) atoms. The topological polar surface area (TPSA) is 28.0 Å². The van der Waals surface area contributed by atoms with E-state index in [-0.39, 0.29) is 0 Å². The average Bonchev–Trinajstić information content (AvgIpc) is 2.39. The van der Waals surface area contributed by atoms with Gasteiger partial charge in [0.15, 0.2) is 0 Å². The molecule has 2 aromatic carbocycles. The van der Waals surface area contributed by atoms with E-state index in [0.29, 0.717) is 0 Å². The third-order valence-corrected chi connectivity index (χ3v) is 2.60. The summed E-state index contributed by atoms with van der Waals surface area (Å²) in [5.74, 6) is 0. The van der Waals surface area contributed by atoms with Crippen molar-refractivity contribution in [2.75, 3.05) is 7.05 Å². The van der Waals surface area contributed by atoms with Crippen LogP contribution in [0.5, 0.6) is 0 Å². The van der Waals surface area contributed by atoms with E-state index in [9.17, 15) is 0 Å². The summed E-state index contributed by atoms with van der Waals surface area (Å²) in [6.07, 6.45) is 0. The van der Waals surface area contributed by atoms with Crippen molar-refractivity contribution in [3.63, 3.8) is 0 Å². The highest BCUT2D eigenvalue weighted by atomic mass is 15.5. The Balaban J connectivity index is 1.95. The van der Waals surface area contributed by atoms with Crippen molar-refractivity contribution in [2.45, 2.75) is 13.5 Å². The molecule has 3 nitrogen and oxygen atoms in total. The second kappa shape index (κ2) is 5.96. The smallest absolute Gasteiger partial charge is 0.0874 e. The van der Waals surface area contributed by atoms with Crippen LogP contribution in [0.15, 0.2) is 64.9 Å². The van der Waals surface area contributed by atoms with Crippen molar-refractivity contribution in [1.82, 2.24) is 5.01 Å². The third-order valence-electron chi connectivity index (χ3n) is 2.60. The van der Waals surface area contributed by atoms with Gasteiger partial charge in [0.25, 0.3) is 0 Å². The van der Waals surface area contributed by atoms with Gasteiger partial charge in [-0.25, -0.2) is 0 Å². The van der Waals surface area contributed by atoms with E-state index in [1.54, 1.807) is 0 Å². The Hall–Kier alpha value is -2.16. The fourth-order valence-corrected chi connectivity index (χ4v) is 1.62. The van der Waals surface area contributed by atoms with Gasteiger partial charge in [-0.3, -0.25) is 5.01 Å². The zero-order valence-corrected chi connectivity index (χ0v) is 10.7. The lowest BCUT2D eigenvalue weighted by atomic mass is 10.2. The lowest BCUT2D eigenvalue weighted by Crippen LogP contribution is -2.09. The molecule has 92 valence electrons. The standard InChI is InChI=1S/C15H17N3/c1-13-8-10-15(11-9-13)16-17-18(2)12-14-6-4-3-5-7-14/h3-11H,12H2,1-2H3. The number of benzene rings is 2. The highest BCUT2D eigenvalue weighted by Crippen LogP contribution is 2.13. The number of nitrogens with zero attached hydrogens (tertiary/aromatic N) is 3. The monoisotopic (exact) mass is 239 g/mol. The molecule has 0 heterocycles. The van der Waals surface area contributed by atoms with Gasteiger partial charge < -0.3 is 0 Å². The van der Waals surface area contributed by atoms with Crippen molar-refractivity contribution in [3.05, 3.63) is 65.7 Å². The van der Waals surface area contributed by atoms with Gasteiger partial charge in [-0.15, -0.1) is 5.11 Å². The zero-order valence-electron chi connectivity index (χ0n) is 10.7. The second-order valence-electron chi connectivity index (χ2n) is 4.33. The molecule has 0 N–H and O–H groups in total. The van der Waals surface area contributed by atoms with E-state index in [4.69, 9.17) is 0 Å². The van der Waals surface area contributed by atoms with E-state index >= 15 is 0 Å². The second-order valence-corrected chi connectivity index (χ2v) is 4.33. The molecule has 2 aromatic rings. The molecule has 2 rings (SSSR count). The Labute approximate surface area is 108 Å². The van der Waals surface area contributed by atoms with Crippen LogP contribution in [-0.4, -0.2) is 12.1 Å². The van der Waals surface area contributed by atoms with Crippen molar-refractivity contribution in [1.29, 1.82) is 0 Å². The molecule has 0 saturated heterocycles. The van der Waals surface area contributed by atoms with Crippen molar-refractivity contribution >= 4 is 5.69 Å².